The number of nitrogens with zero attached hydrogens (tertiary/aromatic N) is 1. The zero-order valence-electron chi connectivity index (χ0n) is 12.4. The highest BCUT2D eigenvalue weighted by Gasteiger charge is 2.30. The van der Waals surface area contributed by atoms with Crippen molar-refractivity contribution in [2.24, 2.45) is 5.73 Å². The lowest BCUT2D eigenvalue weighted by atomic mass is 10.2. The minimum atomic E-state index is -4.05. The van der Waals surface area contributed by atoms with Crippen LogP contribution in [-0.2, 0) is 10.0 Å². The number of benzene rings is 1. The fraction of sp³-hybridized carbons (Fsp3) is 0.500. The molecule has 23 heavy (non-hydrogen) atoms. The lowest BCUT2D eigenvalue weighted by molar-refractivity contribution is -0.388. The average Bonchev–Trinajstić information content (AvgIpc) is 2.45. The number of nitro groups is 1. The van der Waals surface area contributed by atoms with Gasteiger partial charge >= 0.3 is 0 Å². The first kappa shape index (κ1) is 19.4. The summed E-state index contributed by atoms with van der Waals surface area (Å²) >= 11 is 0. The third-order valence-corrected chi connectivity index (χ3v) is 4.49. The summed E-state index contributed by atoms with van der Waals surface area (Å²) in [6, 6.07) is 1.99. The van der Waals surface area contributed by atoms with Gasteiger partial charge in [-0.15, -0.1) is 12.4 Å². The van der Waals surface area contributed by atoms with Gasteiger partial charge in [-0.05, 0) is 13.3 Å². The first-order valence-corrected chi connectivity index (χ1v) is 8.13. The molecule has 130 valence electrons. The number of hydrogen-bond donors (Lipinski definition) is 2. The Kier molecular flexibility index (Phi) is 6.57. The van der Waals surface area contributed by atoms with Crippen LogP contribution in [0.25, 0.3) is 0 Å². The van der Waals surface area contributed by atoms with Gasteiger partial charge in [-0.3, -0.25) is 10.1 Å². The molecule has 3 N–H and O–H groups in total. The van der Waals surface area contributed by atoms with Crippen molar-refractivity contribution < 1.29 is 22.8 Å². The van der Waals surface area contributed by atoms with Gasteiger partial charge in [0, 0.05) is 18.7 Å². The Bertz CT molecular complexity index is 680. The monoisotopic (exact) mass is 367 g/mol. The maximum atomic E-state index is 12.3. The highest BCUT2D eigenvalue weighted by atomic mass is 35.5. The van der Waals surface area contributed by atoms with E-state index in [1.807, 2.05) is 0 Å². The first-order chi connectivity index (χ1) is 10.3. The van der Waals surface area contributed by atoms with Crippen molar-refractivity contribution in [3.05, 3.63) is 22.2 Å². The van der Waals surface area contributed by atoms with Crippen LogP contribution in [0.2, 0.25) is 0 Å². The topological polar surface area (TPSA) is 134 Å². The van der Waals surface area contributed by atoms with Crippen molar-refractivity contribution in [2.75, 3.05) is 19.8 Å². The summed E-state index contributed by atoms with van der Waals surface area (Å²) in [5.74, 6) is 0.330. The number of nitro benzene ring substituents is 1. The molecule has 1 atom stereocenters. The van der Waals surface area contributed by atoms with Crippen LogP contribution in [0.15, 0.2) is 17.0 Å². The molecular weight excluding hydrogens is 350 g/mol. The minimum absolute atomic E-state index is 0. The van der Waals surface area contributed by atoms with Gasteiger partial charge in [0.1, 0.15) is 13.2 Å². The molecule has 1 aromatic carbocycles. The maximum Gasteiger partial charge on any atom is 0.293 e. The number of rotatable bonds is 6. The highest BCUT2D eigenvalue weighted by Crippen LogP contribution is 2.38. The summed E-state index contributed by atoms with van der Waals surface area (Å²) in [7, 11) is -4.05. The Labute approximate surface area is 139 Å². The zero-order valence-corrected chi connectivity index (χ0v) is 14.0. The molecule has 1 aromatic rings. The van der Waals surface area contributed by atoms with E-state index in [4.69, 9.17) is 15.2 Å². The Morgan fingerprint density at radius 3 is 2.43 bits per heavy atom. The van der Waals surface area contributed by atoms with Crippen LogP contribution in [0.4, 0.5) is 5.69 Å². The van der Waals surface area contributed by atoms with E-state index in [2.05, 4.69) is 4.72 Å². The molecule has 9 nitrogen and oxygen atoms in total. The van der Waals surface area contributed by atoms with Gasteiger partial charge < -0.3 is 15.2 Å². The molecule has 1 aliphatic rings. The molecule has 0 saturated carbocycles. The lowest BCUT2D eigenvalue weighted by Gasteiger charge is -2.19. The molecule has 0 fully saturated rings. The van der Waals surface area contributed by atoms with Crippen LogP contribution >= 0.6 is 12.4 Å². The van der Waals surface area contributed by atoms with Gasteiger partial charge in [-0.1, -0.05) is 0 Å². The van der Waals surface area contributed by atoms with E-state index in [1.54, 1.807) is 6.92 Å². The van der Waals surface area contributed by atoms with Crippen molar-refractivity contribution in [1.82, 2.24) is 4.72 Å². The summed E-state index contributed by atoms with van der Waals surface area (Å²) in [5.41, 5.74) is 4.99. The normalized spacial score (nSPS) is 14.7. The molecule has 0 spiro atoms. The van der Waals surface area contributed by atoms with E-state index >= 15 is 0 Å². The van der Waals surface area contributed by atoms with Crippen LogP contribution in [0, 0.1) is 10.1 Å². The van der Waals surface area contributed by atoms with Gasteiger partial charge in [0.25, 0.3) is 5.69 Å². The number of halogens is 1. The van der Waals surface area contributed by atoms with Crippen LogP contribution < -0.4 is 19.9 Å². The summed E-state index contributed by atoms with van der Waals surface area (Å²) in [6.07, 6.45) is 0.414. The van der Waals surface area contributed by atoms with Crippen molar-refractivity contribution in [2.45, 2.75) is 24.3 Å². The van der Waals surface area contributed by atoms with E-state index in [0.717, 1.165) is 12.1 Å². The SMILES string of the molecule is CC(N)CCNS(=O)(=O)c1cc2c(cc1[N+](=O)[O-])OCCO2.Cl. The Morgan fingerprint density at radius 2 is 1.91 bits per heavy atom. The molecule has 0 aromatic heterocycles. The Balaban J connectivity index is 0.00000264. The van der Waals surface area contributed by atoms with Gasteiger partial charge in [0.05, 0.1) is 11.0 Å². The van der Waals surface area contributed by atoms with E-state index in [-0.39, 0.29) is 49.7 Å². The van der Waals surface area contributed by atoms with Gasteiger partial charge in [0.15, 0.2) is 16.4 Å². The molecule has 11 heteroatoms. The van der Waals surface area contributed by atoms with Crippen molar-refractivity contribution in [3.63, 3.8) is 0 Å². The van der Waals surface area contributed by atoms with Crippen LogP contribution in [-0.4, -0.2) is 39.1 Å². The standard InChI is InChI=1S/C12H17N3O6S.ClH/c1-8(13)2-3-14-22(18,19)12-7-11-10(20-4-5-21-11)6-9(12)15(16)17;/h6-8,14H,2-5,13H2,1H3;1H. The van der Waals surface area contributed by atoms with E-state index < -0.39 is 25.5 Å². The van der Waals surface area contributed by atoms with Crippen molar-refractivity contribution in [3.8, 4) is 11.5 Å². The number of ether oxygens (including phenoxy) is 2. The lowest BCUT2D eigenvalue weighted by Crippen LogP contribution is -2.29. The quantitative estimate of drug-likeness (QED) is 0.561. The summed E-state index contributed by atoms with van der Waals surface area (Å²) in [6.45, 7) is 2.33. The molecule has 1 unspecified atom stereocenters. The van der Waals surface area contributed by atoms with Crippen LogP contribution in [0.5, 0.6) is 11.5 Å². The largest absolute Gasteiger partial charge is 0.486 e. The highest BCUT2D eigenvalue weighted by molar-refractivity contribution is 7.89. The third-order valence-electron chi connectivity index (χ3n) is 3.00. The van der Waals surface area contributed by atoms with Crippen molar-refractivity contribution >= 4 is 28.1 Å². The Hall–Kier alpha value is -1.62. The molecule has 0 saturated heterocycles. The Morgan fingerprint density at radius 1 is 1.35 bits per heavy atom. The van der Waals surface area contributed by atoms with Gasteiger partial charge in [-0.2, -0.15) is 0 Å². The number of hydrogen-bond acceptors (Lipinski definition) is 7. The first-order valence-electron chi connectivity index (χ1n) is 6.64. The van der Waals surface area contributed by atoms with Gasteiger partial charge in [0.2, 0.25) is 10.0 Å². The summed E-state index contributed by atoms with van der Waals surface area (Å²) in [5, 5.41) is 11.1. The van der Waals surface area contributed by atoms with Crippen LogP contribution in [0.1, 0.15) is 13.3 Å². The van der Waals surface area contributed by atoms with Crippen LogP contribution in [0.3, 0.4) is 0 Å². The molecule has 0 aliphatic carbocycles. The molecule has 0 amide bonds. The van der Waals surface area contributed by atoms with E-state index in [0.29, 0.717) is 6.42 Å². The smallest absolute Gasteiger partial charge is 0.293 e. The molecule has 1 aliphatic heterocycles. The average molecular weight is 368 g/mol. The predicted molar refractivity (Wildman–Crippen MR) is 84.8 cm³/mol. The summed E-state index contributed by atoms with van der Waals surface area (Å²) in [4.78, 5) is 9.92. The van der Waals surface area contributed by atoms with E-state index in [1.165, 1.54) is 0 Å². The number of fused-ring (bicyclic) bond motifs is 1. The molecule has 0 radical (unpaired) electrons. The van der Waals surface area contributed by atoms with E-state index in [9.17, 15) is 18.5 Å². The number of sulfonamides is 1. The molecular formula is C12H18ClN3O6S. The third kappa shape index (κ3) is 4.67. The summed E-state index contributed by atoms with van der Waals surface area (Å²) < 4.78 is 37.4. The second kappa shape index (κ2) is 7.77. The number of nitrogens with two attached hydrogens (primary N) is 1. The second-order valence-electron chi connectivity index (χ2n) is 4.88. The fourth-order valence-corrected chi connectivity index (χ4v) is 3.13. The van der Waals surface area contributed by atoms with Crippen molar-refractivity contribution in [1.29, 1.82) is 0 Å². The molecule has 2 rings (SSSR count). The zero-order chi connectivity index (χ0) is 16.3. The minimum Gasteiger partial charge on any atom is -0.486 e. The molecule has 1 heterocycles. The second-order valence-corrected chi connectivity index (χ2v) is 6.62. The molecule has 0 bridgehead atoms. The fourth-order valence-electron chi connectivity index (χ4n) is 1.92. The van der Waals surface area contributed by atoms with Gasteiger partial charge in [-0.25, -0.2) is 13.1 Å². The number of nitrogens with one attached hydrogen (secondary N) is 1. The maximum absolute atomic E-state index is 12.3. The predicted octanol–water partition coefficient (Wildman–Crippen LogP) is 0.803.